The zero-order valence-electron chi connectivity index (χ0n) is 11.2. The first-order chi connectivity index (χ1) is 9.31. The Morgan fingerprint density at radius 2 is 2.00 bits per heavy atom. The van der Waals surface area contributed by atoms with Crippen LogP contribution in [0.25, 0.3) is 0 Å². The van der Waals surface area contributed by atoms with Crippen molar-refractivity contribution in [2.24, 2.45) is 5.92 Å². The third-order valence-corrected chi connectivity index (χ3v) is 4.26. The maximum Gasteiger partial charge on any atom is 0.118 e. The molecule has 0 bridgehead atoms. The van der Waals surface area contributed by atoms with Crippen LogP contribution in [0.2, 0.25) is 0 Å². The molecular weight excluding hydrogens is 256 g/mol. The van der Waals surface area contributed by atoms with Crippen molar-refractivity contribution in [3.05, 3.63) is 52.2 Å². The van der Waals surface area contributed by atoms with Crippen molar-refractivity contribution in [3.63, 3.8) is 0 Å². The summed E-state index contributed by atoms with van der Waals surface area (Å²) in [4.78, 5) is 1.40. The van der Waals surface area contributed by atoms with Gasteiger partial charge in [0.1, 0.15) is 5.75 Å². The summed E-state index contributed by atoms with van der Waals surface area (Å²) in [7, 11) is 1.67. The summed E-state index contributed by atoms with van der Waals surface area (Å²) in [5.41, 5.74) is 1.26. The van der Waals surface area contributed by atoms with Crippen LogP contribution in [0, 0.1) is 5.92 Å². The SMILES string of the molecule is COc1ccc(CC(CO)CCc2cccs2)cc1. The van der Waals surface area contributed by atoms with Gasteiger partial charge >= 0.3 is 0 Å². The first kappa shape index (κ1) is 14.1. The van der Waals surface area contributed by atoms with Crippen molar-refractivity contribution in [1.29, 1.82) is 0 Å². The smallest absolute Gasteiger partial charge is 0.118 e. The van der Waals surface area contributed by atoms with Gasteiger partial charge in [0.25, 0.3) is 0 Å². The molecule has 1 aromatic heterocycles. The lowest BCUT2D eigenvalue weighted by Crippen LogP contribution is -2.10. The van der Waals surface area contributed by atoms with Gasteiger partial charge in [-0.1, -0.05) is 18.2 Å². The van der Waals surface area contributed by atoms with Crippen molar-refractivity contribution < 1.29 is 9.84 Å². The Morgan fingerprint density at radius 1 is 1.21 bits per heavy atom. The van der Waals surface area contributed by atoms with Gasteiger partial charge in [-0.15, -0.1) is 11.3 Å². The molecule has 2 rings (SSSR count). The van der Waals surface area contributed by atoms with Crippen LogP contribution in [0.1, 0.15) is 16.9 Å². The average Bonchev–Trinajstić information content (AvgIpc) is 2.97. The first-order valence-corrected chi connectivity index (χ1v) is 7.46. The monoisotopic (exact) mass is 276 g/mol. The maximum atomic E-state index is 9.50. The number of aryl methyl sites for hydroxylation is 1. The van der Waals surface area contributed by atoms with E-state index in [9.17, 15) is 5.11 Å². The van der Waals surface area contributed by atoms with E-state index in [0.29, 0.717) is 5.92 Å². The number of thiophene rings is 1. The second kappa shape index (κ2) is 7.31. The molecule has 0 aliphatic carbocycles. The zero-order chi connectivity index (χ0) is 13.5. The highest BCUT2D eigenvalue weighted by Crippen LogP contribution is 2.19. The van der Waals surface area contributed by atoms with Crippen LogP contribution in [0.4, 0.5) is 0 Å². The second-order valence-electron chi connectivity index (χ2n) is 4.72. The van der Waals surface area contributed by atoms with Gasteiger partial charge in [-0.2, -0.15) is 0 Å². The lowest BCUT2D eigenvalue weighted by Gasteiger charge is -2.14. The number of aliphatic hydroxyl groups excluding tert-OH is 1. The van der Waals surface area contributed by atoms with Crippen molar-refractivity contribution >= 4 is 11.3 Å². The third-order valence-electron chi connectivity index (χ3n) is 3.32. The maximum absolute atomic E-state index is 9.50. The highest BCUT2D eigenvalue weighted by atomic mass is 32.1. The summed E-state index contributed by atoms with van der Waals surface area (Å²) in [5.74, 6) is 1.21. The fourth-order valence-electron chi connectivity index (χ4n) is 2.15. The van der Waals surface area contributed by atoms with Crippen LogP contribution in [0.3, 0.4) is 0 Å². The molecule has 0 saturated carbocycles. The number of ether oxygens (including phenoxy) is 1. The Kier molecular flexibility index (Phi) is 5.43. The molecule has 0 aliphatic heterocycles. The number of rotatable bonds is 7. The molecular formula is C16H20O2S. The molecule has 19 heavy (non-hydrogen) atoms. The van der Waals surface area contributed by atoms with Crippen LogP contribution in [0.5, 0.6) is 5.75 Å². The first-order valence-electron chi connectivity index (χ1n) is 6.58. The van der Waals surface area contributed by atoms with E-state index >= 15 is 0 Å². The summed E-state index contributed by atoms with van der Waals surface area (Å²) in [6.07, 6.45) is 3.01. The summed E-state index contributed by atoms with van der Waals surface area (Å²) < 4.78 is 5.15. The normalized spacial score (nSPS) is 12.3. The molecule has 0 spiro atoms. The van der Waals surface area contributed by atoms with Gasteiger partial charge in [0.2, 0.25) is 0 Å². The average molecular weight is 276 g/mol. The minimum Gasteiger partial charge on any atom is -0.497 e. The summed E-state index contributed by atoms with van der Waals surface area (Å²) in [6.45, 7) is 0.247. The molecule has 0 radical (unpaired) electrons. The van der Waals surface area contributed by atoms with Crippen molar-refractivity contribution in [1.82, 2.24) is 0 Å². The van der Waals surface area contributed by atoms with E-state index in [2.05, 4.69) is 29.6 Å². The van der Waals surface area contributed by atoms with Crippen LogP contribution >= 0.6 is 11.3 Å². The lowest BCUT2D eigenvalue weighted by molar-refractivity contribution is 0.218. The number of methoxy groups -OCH3 is 1. The number of hydrogen-bond acceptors (Lipinski definition) is 3. The van der Waals surface area contributed by atoms with Crippen LogP contribution < -0.4 is 4.74 Å². The Balaban J connectivity index is 1.87. The van der Waals surface area contributed by atoms with Crippen molar-refractivity contribution in [2.75, 3.05) is 13.7 Å². The van der Waals surface area contributed by atoms with Gasteiger partial charge in [0.05, 0.1) is 7.11 Å². The standard InChI is InChI=1S/C16H20O2S/c1-18-15-7-4-13(5-8-15)11-14(12-17)6-9-16-3-2-10-19-16/h2-5,7-8,10,14,17H,6,9,11-12H2,1H3. The molecule has 3 heteroatoms. The lowest BCUT2D eigenvalue weighted by atomic mass is 9.95. The molecule has 0 saturated heterocycles. The van der Waals surface area contributed by atoms with Crippen LogP contribution in [-0.4, -0.2) is 18.8 Å². The highest BCUT2D eigenvalue weighted by molar-refractivity contribution is 7.09. The molecule has 1 N–H and O–H groups in total. The van der Waals surface area contributed by atoms with E-state index in [1.165, 1.54) is 10.4 Å². The van der Waals surface area contributed by atoms with E-state index in [4.69, 9.17) is 4.74 Å². The summed E-state index contributed by atoms with van der Waals surface area (Å²) >= 11 is 1.79. The van der Waals surface area contributed by atoms with E-state index in [1.54, 1.807) is 18.4 Å². The Hall–Kier alpha value is -1.32. The van der Waals surface area contributed by atoms with Gasteiger partial charge in [-0.05, 0) is 54.3 Å². The topological polar surface area (TPSA) is 29.5 Å². The molecule has 1 aromatic carbocycles. The molecule has 0 aliphatic rings. The summed E-state index contributed by atoms with van der Waals surface area (Å²) in [6, 6.07) is 12.3. The summed E-state index contributed by atoms with van der Waals surface area (Å²) in [5, 5.41) is 11.6. The van der Waals surface area contributed by atoms with Gasteiger partial charge in [-0.25, -0.2) is 0 Å². The van der Waals surface area contributed by atoms with E-state index in [-0.39, 0.29) is 6.61 Å². The minimum atomic E-state index is 0.247. The number of benzene rings is 1. The van der Waals surface area contributed by atoms with Gasteiger partial charge in [0, 0.05) is 11.5 Å². The Labute approximate surface area is 118 Å². The van der Waals surface area contributed by atoms with Gasteiger partial charge in [0.15, 0.2) is 0 Å². The third kappa shape index (κ3) is 4.37. The highest BCUT2D eigenvalue weighted by Gasteiger charge is 2.09. The molecule has 102 valence electrons. The molecule has 2 nitrogen and oxygen atoms in total. The van der Waals surface area contributed by atoms with Crippen LogP contribution in [-0.2, 0) is 12.8 Å². The molecule has 0 fully saturated rings. The van der Waals surface area contributed by atoms with E-state index < -0.39 is 0 Å². The molecule has 1 heterocycles. The number of aliphatic hydroxyl groups is 1. The van der Waals surface area contributed by atoms with Crippen molar-refractivity contribution in [3.8, 4) is 5.75 Å². The Bertz CT molecular complexity index is 462. The number of hydrogen-bond donors (Lipinski definition) is 1. The quantitative estimate of drug-likeness (QED) is 0.838. The second-order valence-corrected chi connectivity index (χ2v) is 5.75. The molecule has 0 amide bonds. The molecule has 2 aromatic rings. The van der Waals surface area contributed by atoms with Gasteiger partial charge in [-0.3, -0.25) is 0 Å². The van der Waals surface area contributed by atoms with Gasteiger partial charge < -0.3 is 9.84 Å². The fraction of sp³-hybridized carbons (Fsp3) is 0.375. The van der Waals surface area contributed by atoms with E-state index in [0.717, 1.165) is 25.0 Å². The minimum absolute atomic E-state index is 0.247. The predicted octanol–water partition coefficient (Wildman–Crippen LogP) is 3.54. The predicted molar refractivity (Wildman–Crippen MR) is 79.9 cm³/mol. The largest absolute Gasteiger partial charge is 0.497 e. The molecule has 1 atom stereocenters. The fourth-order valence-corrected chi connectivity index (χ4v) is 2.88. The van der Waals surface area contributed by atoms with Crippen molar-refractivity contribution in [2.45, 2.75) is 19.3 Å². The van der Waals surface area contributed by atoms with Crippen LogP contribution in [0.15, 0.2) is 41.8 Å². The van der Waals surface area contributed by atoms with E-state index in [1.807, 2.05) is 12.1 Å². The zero-order valence-corrected chi connectivity index (χ0v) is 12.0. The Morgan fingerprint density at radius 3 is 2.58 bits per heavy atom. The molecule has 1 unspecified atom stereocenters.